The summed E-state index contributed by atoms with van der Waals surface area (Å²) in [7, 11) is 0. The molecule has 3 aromatic rings. The summed E-state index contributed by atoms with van der Waals surface area (Å²) >= 11 is 0. The second-order valence-corrected chi connectivity index (χ2v) is 4.37. The Kier molecular flexibility index (Phi) is 3.32. The van der Waals surface area contributed by atoms with Gasteiger partial charge in [-0.15, -0.1) is 0 Å². The van der Waals surface area contributed by atoms with Crippen LogP contribution in [-0.4, -0.2) is 14.7 Å². The van der Waals surface area contributed by atoms with Crippen molar-refractivity contribution >= 4 is 0 Å². The number of alkyl halides is 3. The molecule has 3 aromatic heterocycles. The van der Waals surface area contributed by atoms with Gasteiger partial charge in [0.25, 0.3) is 5.56 Å². The SMILES string of the molecule is O=c1ccc(C(F)(F)F)cn1Cc1nc(-c2ccco2)no1. The molecule has 3 heterocycles. The maximum Gasteiger partial charge on any atom is 0.417 e. The molecule has 3 rings (SSSR count). The molecule has 0 unspecified atom stereocenters. The van der Waals surface area contributed by atoms with Crippen LogP contribution in [0.2, 0.25) is 0 Å². The molecule has 0 aromatic carbocycles. The first-order chi connectivity index (χ1) is 10.4. The topological polar surface area (TPSA) is 74.1 Å². The first-order valence-electron chi connectivity index (χ1n) is 6.07. The average molecular weight is 311 g/mol. The Hall–Kier alpha value is -2.84. The number of halogens is 3. The molecule has 0 bridgehead atoms. The summed E-state index contributed by atoms with van der Waals surface area (Å²) < 4.78 is 48.8. The fourth-order valence-electron chi connectivity index (χ4n) is 1.79. The predicted octanol–water partition coefficient (Wildman–Crippen LogP) is 2.56. The maximum atomic E-state index is 12.6. The summed E-state index contributed by atoms with van der Waals surface area (Å²) in [5.74, 6) is 0.499. The van der Waals surface area contributed by atoms with E-state index in [1.54, 1.807) is 12.1 Å². The fourth-order valence-corrected chi connectivity index (χ4v) is 1.79. The molecule has 0 aliphatic carbocycles. The number of furan rings is 1. The number of hydrogen-bond donors (Lipinski definition) is 0. The van der Waals surface area contributed by atoms with Crippen molar-refractivity contribution in [3.05, 3.63) is 58.5 Å². The Balaban J connectivity index is 1.89. The van der Waals surface area contributed by atoms with Gasteiger partial charge in [-0.3, -0.25) is 4.79 Å². The molecule has 0 atom stereocenters. The van der Waals surface area contributed by atoms with E-state index in [1.807, 2.05) is 0 Å². The Bertz CT molecular complexity index is 834. The van der Waals surface area contributed by atoms with Crippen molar-refractivity contribution in [3.8, 4) is 11.6 Å². The molecule has 0 aliphatic heterocycles. The van der Waals surface area contributed by atoms with Crippen LogP contribution >= 0.6 is 0 Å². The Morgan fingerprint density at radius 2 is 2.05 bits per heavy atom. The van der Waals surface area contributed by atoms with Crippen LogP contribution < -0.4 is 5.56 Å². The number of rotatable bonds is 3. The fraction of sp³-hybridized carbons (Fsp3) is 0.154. The first kappa shape index (κ1) is 14.1. The third kappa shape index (κ3) is 2.78. The number of nitrogens with zero attached hydrogens (tertiary/aromatic N) is 3. The summed E-state index contributed by atoms with van der Waals surface area (Å²) in [6.45, 7) is -0.267. The van der Waals surface area contributed by atoms with Crippen molar-refractivity contribution in [2.45, 2.75) is 12.7 Å². The van der Waals surface area contributed by atoms with E-state index in [1.165, 1.54) is 6.26 Å². The van der Waals surface area contributed by atoms with E-state index in [0.29, 0.717) is 12.0 Å². The van der Waals surface area contributed by atoms with Gasteiger partial charge in [0.1, 0.15) is 6.54 Å². The lowest BCUT2D eigenvalue weighted by molar-refractivity contribution is -0.138. The molecule has 0 aliphatic rings. The van der Waals surface area contributed by atoms with Gasteiger partial charge >= 0.3 is 6.18 Å². The third-order valence-corrected chi connectivity index (χ3v) is 2.83. The summed E-state index contributed by atoms with van der Waals surface area (Å²) in [4.78, 5) is 15.6. The highest BCUT2D eigenvalue weighted by molar-refractivity contribution is 5.44. The van der Waals surface area contributed by atoms with Crippen molar-refractivity contribution in [3.63, 3.8) is 0 Å². The summed E-state index contributed by atoms with van der Waals surface area (Å²) in [6.07, 6.45) is -2.41. The van der Waals surface area contributed by atoms with E-state index in [4.69, 9.17) is 8.94 Å². The quantitative estimate of drug-likeness (QED) is 0.743. The number of hydrogen-bond acceptors (Lipinski definition) is 5. The van der Waals surface area contributed by atoms with E-state index in [9.17, 15) is 18.0 Å². The molecule has 6 nitrogen and oxygen atoms in total. The lowest BCUT2D eigenvalue weighted by atomic mass is 10.3. The van der Waals surface area contributed by atoms with Gasteiger partial charge in [-0.25, -0.2) is 0 Å². The minimum Gasteiger partial charge on any atom is -0.461 e. The first-order valence-corrected chi connectivity index (χ1v) is 6.07. The molecule has 9 heteroatoms. The molecule has 0 amide bonds. The molecule has 22 heavy (non-hydrogen) atoms. The minimum atomic E-state index is -4.54. The van der Waals surface area contributed by atoms with E-state index >= 15 is 0 Å². The van der Waals surface area contributed by atoms with Crippen LogP contribution in [0, 0.1) is 0 Å². The Morgan fingerprint density at radius 1 is 1.23 bits per heavy atom. The third-order valence-electron chi connectivity index (χ3n) is 2.83. The van der Waals surface area contributed by atoms with Crippen molar-refractivity contribution in [2.75, 3.05) is 0 Å². The van der Waals surface area contributed by atoms with E-state index < -0.39 is 17.3 Å². The zero-order valence-corrected chi connectivity index (χ0v) is 10.9. The van der Waals surface area contributed by atoms with Gasteiger partial charge in [-0.2, -0.15) is 18.2 Å². The van der Waals surface area contributed by atoms with E-state index in [-0.39, 0.29) is 18.3 Å². The standard InChI is InChI=1S/C13H8F3N3O3/c14-13(15,16)8-3-4-11(20)19(6-8)7-10-17-12(18-22-10)9-2-1-5-21-9/h1-6H,7H2. The molecular weight excluding hydrogens is 303 g/mol. The maximum absolute atomic E-state index is 12.6. The van der Waals surface area contributed by atoms with Gasteiger partial charge in [0, 0.05) is 12.3 Å². The molecule has 0 radical (unpaired) electrons. The largest absolute Gasteiger partial charge is 0.461 e. The molecule has 0 spiro atoms. The van der Waals surface area contributed by atoms with Gasteiger partial charge in [0.2, 0.25) is 11.7 Å². The molecule has 114 valence electrons. The van der Waals surface area contributed by atoms with E-state index in [2.05, 4.69) is 10.1 Å². The van der Waals surface area contributed by atoms with Crippen LogP contribution in [0.25, 0.3) is 11.6 Å². The van der Waals surface area contributed by atoms with Crippen molar-refractivity contribution in [1.82, 2.24) is 14.7 Å². The minimum absolute atomic E-state index is 0.00664. The van der Waals surface area contributed by atoms with Crippen LogP contribution in [0.4, 0.5) is 13.2 Å². The van der Waals surface area contributed by atoms with Crippen molar-refractivity contribution in [1.29, 1.82) is 0 Å². The Labute approximate surface area is 120 Å². The van der Waals surface area contributed by atoms with Crippen molar-refractivity contribution in [2.24, 2.45) is 0 Å². The summed E-state index contributed by atoms with van der Waals surface area (Å²) in [5, 5.41) is 3.64. The summed E-state index contributed by atoms with van der Waals surface area (Å²) in [6, 6.07) is 4.79. The predicted molar refractivity (Wildman–Crippen MR) is 66.8 cm³/mol. The van der Waals surface area contributed by atoms with E-state index in [0.717, 1.165) is 16.7 Å². The normalized spacial score (nSPS) is 11.8. The molecule has 0 saturated carbocycles. The van der Waals surface area contributed by atoms with Gasteiger partial charge in [-0.05, 0) is 18.2 Å². The molecule has 0 N–H and O–H groups in total. The van der Waals surface area contributed by atoms with Crippen LogP contribution in [-0.2, 0) is 12.7 Å². The monoisotopic (exact) mass is 311 g/mol. The highest BCUT2D eigenvalue weighted by atomic mass is 19.4. The van der Waals surface area contributed by atoms with Gasteiger partial charge in [0.05, 0.1) is 11.8 Å². The Morgan fingerprint density at radius 3 is 2.73 bits per heavy atom. The highest BCUT2D eigenvalue weighted by Crippen LogP contribution is 2.28. The van der Waals surface area contributed by atoms with Gasteiger partial charge < -0.3 is 13.5 Å². The molecule has 0 saturated heterocycles. The zero-order chi connectivity index (χ0) is 15.7. The second kappa shape index (κ2) is 5.17. The molecule has 0 fully saturated rings. The lowest BCUT2D eigenvalue weighted by Crippen LogP contribution is -2.22. The summed E-state index contributed by atoms with van der Waals surface area (Å²) in [5.41, 5.74) is -1.54. The van der Waals surface area contributed by atoms with Gasteiger partial charge in [-0.1, -0.05) is 5.16 Å². The zero-order valence-electron chi connectivity index (χ0n) is 10.9. The van der Waals surface area contributed by atoms with Crippen molar-refractivity contribution < 1.29 is 22.1 Å². The second-order valence-electron chi connectivity index (χ2n) is 4.37. The number of pyridine rings is 1. The van der Waals surface area contributed by atoms with Gasteiger partial charge in [0.15, 0.2) is 5.76 Å². The van der Waals surface area contributed by atoms with Crippen LogP contribution in [0.1, 0.15) is 11.5 Å². The lowest BCUT2D eigenvalue weighted by Gasteiger charge is -2.08. The van der Waals surface area contributed by atoms with Crippen LogP contribution in [0.5, 0.6) is 0 Å². The van der Waals surface area contributed by atoms with Crippen LogP contribution in [0.15, 0.2) is 50.5 Å². The van der Waals surface area contributed by atoms with Crippen LogP contribution in [0.3, 0.4) is 0 Å². The smallest absolute Gasteiger partial charge is 0.417 e. The number of aromatic nitrogens is 3. The molecular formula is C13H8F3N3O3. The average Bonchev–Trinajstić information content (AvgIpc) is 3.10. The highest BCUT2D eigenvalue weighted by Gasteiger charge is 2.31.